The van der Waals surface area contributed by atoms with E-state index in [1.54, 1.807) is 0 Å². The van der Waals surface area contributed by atoms with Gasteiger partial charge in [0.2, 0.25) is 0 Å². The first-order chi connectivity index (χ1) is 9.03. The van der Waals surface area contributed by atoms with Crippen LogP contribution in [0, 0.1) is 3.57 Å². The van der Waals surface area contributed by atoms with E-state index in [9.17, 15) is 0 Å². The van der Waals surface area contributed by atoms with Crippen molar-refractivity contribution in [2.24, 2.45) is 0 Å². The highest BCUT2D eigenvalue weighted by atomic mass is 127. The zero-order valence-corrected chi connectivity index (χ0v) is 14.5. The minimum absolute atomic E-state index is 0.102. The lowest BCUT2D eigenvalue weighted by Gasteiger charge is -2.21. The Bertz CT molecular complexity index is 791. The van der Waals surface area contributed by atoms with E-state index in [2.05, 4.69) is 88.8 Å². The number of rotatable bonds is 0. The summed E-state index contributed by atoms with van der Waals surface area (Å²) in [4.78, 5) is 0. The fraction of sp³-hybridized carbons (Fsp3) is 0.176. The molecule has 1 aliphatic carbocycles. The average Bonchev–Trinajstić information content (AvgIpc) is 2.65. The molecule has 0 atom stereocenters. The van der Waals surface area contributed by atoms with Crippen molar-refractivity contribution in [3.05, 3.63) is 55.6 Å². The Kier molecular flexibility index (Phi) is 2.39. The number of halogens is 2. The van der Waals surface area contributed by atoms with Crippen LogP contribution in [0.2, 0.25) is 0 Å². The zero-order valence-electron chi connectivity index (χ0n) is 10.7. The zero-order chi connectivity index (χ0) is 13.4. The van der Waals surface area contributed by atoms with E-state index in [0.29, 0.717) is 0 Å². The van der Waals surface area contributed by atoms with Crippen LogP contribution in [0.15, 0.2) is 40.9 Å². The van der Waals surface area contributed by atoms with Gasteiger partial charge in [0, 0.05) is 13.5 Å². The molecule has 0 radical (unpaired) electrons. The molecule has 0 spiro atoms. The van der Waals surface area contributed by atoms with Gasteiger partial charge in [0.15, 0.2) is 0 Å². The van der Waals surface area contributed by atoms with E-state index in [0.717, 1.165) is 0 Å². The van der Waals surface area contributed by atoms with E-state index in [1.807, 2.05) is 0 Å². The first-order valence-electron chi connectivity index (χ1n) is 6.37. The predicted molar refractivity (Wildman–Crippen MR) is 94.0 cm³/mol. The van der Waals surface area contributed by atoms with Crippen molar-refractivity contribution in [2.45, 2.75) is 19.3 Å². The summed E-state index contributed by atoms with van der Waals surface area (Å²) in [6.07, 6.45) is 0. The molecule has 0 N–H and O–H groups in total. The lowest BCUT2D eigenvalue weighted by atomic mass is 9.82. The van der Waals surface area contributed by atoms with Crippen LogP contribution < -0.4 is 0 Å². The summed E-state index contributed by atoms with van der Waals surface area (Å²) in [5.74, 6) is 0. The summed E-state index contributed by atoms with van der Waals surface area (Å²) in [6.45, 7) is 4.66. The van der Waals surface area contributed by atoms with Crippen LogP contribution in [0.3, 0.4) is 0 Å². The molecule has 1 aliphatic rings. The van der Waals surface area contributed by atoms with E-state index < -0.39 is 0 Å². The van der Waals surface area contributed by atoms with Crippen LogP contribution >= 0.6 is 38.5 Å². The standard InChI is InChI=1S/C17H12BrI/c1-17(2)11-7-3-5-9-13(11)14-10(16(19)15(9)18)6-4-8-12(14)17/h3-8H,1-2H3. The highest BCUT2D eigenvalue weighted by Crippen LogP contribution is 2.51. The van der Waals surface area contributed by atoms with Gasteiger partial charge in [0.05, 0.1) is 0 Å². The maximum absolute atomic E-state index is 3.79. The maximum atomic E-state index is 3.79. The number of hydrogen-bond acceptors (Lipinski definition) is 0. The predicted octanol–water partition coefficient (Wildman–Crippen LogP) is 6.00. The normalized spacial score (nSPS) is 15.8. The molecule has 0 fully saturated rings. The second kappa shape index (κ2) is 3.73. The van der Waals surface area contributed by atoms with Crippen LogP contribution in [0.5, 0.6) is 0 Å². The molecule has 0 aromatic heterocycles. The quantitative estimate of drug-likeness (QED) is 0.308. The number of hydrogen-bond donors (Lipinski definition) is 0. The Balaban J connectivity index is 2.45. The van der Waals surface area contributed by atoms with Gasteiger partial charge < -0.3 is 0 Å². The summed E-state index contributed by atoms with van der Waals surface area (Å²) in [7, 11) is 0. The van der Waals surface area contributed by atoms with Crippen molar-refractivity contribution in [1.82, 2.24) is 0 Å². The Labute approximate surface area is 134 Å². The maximum Gasteiger partial charge on any atom is 0.0393 e. The third-order valence-corrected chi connectivity index (χ3v) is 7.08. The third-order valence-electron chi connectivity index (χ3n) is 4.39. The number of benzene rings is 3. The van der Waals surface area contributed by atoms with Crippen molar-refractivity contribution in [3.63, 3.8) is 0 Å². The van der Waals surface area contributed by atoms with Gasteiger partial charge in [-0.25, -0.2) is 0 Å². The lowest BCUT2D eigenvalue weighted by Crippen LogP contribution is -2.14. The summed E-state index contributed by atoms with van der Waals surface area (Å²) < 4.78 is 2.55. The molecule has 94 valence electrons. The summed E-state index contributed by atoms with van der Waals surface area (Å²) in [5.41, 5.74) is 3.01. The molecule has 0 heterocycles. The minimum Gasteiger partial charge on any atom is -0.0613 e. The molecule has 0 saturated heterocycles. The molecular weight excluding hydrogens is 411 g/mol. The molecule has 3 aromatic rings. The van der Waals surface area contributed by atoms with Crippen molar-refractivity contribution in [1.29, 1.82) is 0 Å². The highest BCUT2D eigenvalue weighted by molar-refractivity contribution is 14.1. The molecule has 2 heteroatoms. The summed E-state index contributed by atoms with van der Waals surface area (Å²) in [6, 6.07) is 13.4. The first kappa shape index (κ1) is 12.2. The van der Waals surface area contributed by atoms with Gasteiger partial charge in [-0.3, -0.25) is 0 Å². The monoisotopic (exact) mass is 422 g/mol. The molecular formula is C17H12BrI. The van der Waals surface area contributed by atoms with E-state index in [-0.39, 0.29) is 5.41 Å². The van der Waals surface area contributed by atoms with E-state index >= 15 is 0 Å². The summed E-state index contributed by atoms with van der Waals surface area (Å²) >= 11 is 6.24. The van der Waals surface area contributed by atoms with Crippen molar-refractivity contribution in [2.75, 3.05) is 0 Å². The largest absolute Gasteiger partial charge is 0.0613 e. The van der Waals surface area contributed by atoms with Gasteiger partial charge in [0.1, 0.15) is 0 Å². The topological polar surface area (TPSA) is 0 Å². The van der Waals surface area contributed by atoms with E-state index in [1.165, 1.54) is 40.7 Å². The molecule has 4 rings (SSSR count). The fourth-order valence-corrected chi connectivity index (χ4v) is 4.72. The smallest absolute Gasteiger partial charge is 0.0393 e. The van der Waals surface area contributed by atoms with Gasteiger partial charge in [-0.1, -0.05) is 50.2 Å². The Morgan fingerprint density at radius 2 is 1.42 bits per heavy atom. The third kappa shape index (κ3) is 1.34. The lowest BCUT2D eigenvalue weighted by molar-refractivity contribution is 0.663. The van der Waals surface area contributed by atoms with Gasteiger partial charge in [0.25, 0.3) is 0 Å². The minimum atomic E-state index is 0.102. The second-order valence-electron chi connectivity index (χ2n) is 5.71. The van der Waals surface area contributed by atoms with Crippen LogP contribution in [-0.2, 0) is 5.41 Å². The molecule has 0 nitrogen and oxygen atoms in total. The van der Waals surface area contributed by atoms with Gasteiger partial charge in [-0.15, -0.1) is 0 Å². The van der Waals surface area contributed by atoms with Gasteiger partial charge in [-0.2, -0.15) is 0 Å². The molecule has 0 amide bonds. The SMILES string of the molecule is CC1(C)c2cccc3c(Br)c(I)c4cccc1c4c23. The van der Waals surface area contributed by atoms with Gasteiger partial charge >= 0.3 is 0 Å². The van der Waals surface area contributed by atoms with Gasteiger partial charge in [-0.05, 0) is 71.2 Å². The van der Waals surface area contributed by atoms with Crippen LogP contribution in [0.1, 0.15) is 25.0 Å². The van der Waals surface area contributed by atoms with Crippen LogP contribution in [0.4, 0.5) is 0 Å². The molecule has 19 heavy (non-hydrogen) atoms. The molecule has 0 aliphatic heterocycles. The molecule has 0 bridgehead atoms. The molecule has 0 unspecified atom stereocenters. The van der Waals surface area contributed by atoms with Crippen molar-refractivity contribution >= 4 is 60.1 Å². The first-order valence-corrected chi connectivity index (χ1v) is 8.24. The summed E-state index contributed by atoms with van der Waals surface area (Å²) in [5, 5.41) is 5.60. The van der Waals surface area contributed by atoms with Crippen molar-refractivity contribution < 1.29 is 0 Å². The Hall–Kier alpha value is -0.610. The Morgan fingerprint density at radius 1 is 0.895 bits per heavy atom. The fourth-order valence-electron chi connectivity index (χ4n) is 3.43. The second-order valence-corrected chi connectivity index (χ2v) is 7.58. The Morgan fingerprint density at radius 3 is 2.05 bits per heavy atom. The van der Waals surface area contributed by atoms with Crippen LogP contribution in [0.25, 0.3) is 21.5 Å². The highest BCUT2D eigenvalue weighted by Gasteiger charge is 2.34. The average molecular weight is 423 g/mol. The molecule has 0 saturated carbocycles. The molecule has 3 aromatic carbocycles. The van der Waals surface area contributed by atoms with E-state index in [4.69, 9.17) is 0 Å². The van der Waals surface area contributed by atoms with Crippen molar-refractivity contribution in [3.8, 4) is 0 Å². The van der Waals surface area contributed by atoms with Crippen LogP contribution in [-0.4, -0.2) is 0 Å².